The van der Waals surface area contributed by atoms with Crippen LogP contribution >= 0.6 is 0 Å². The molecule has 2 aromatic carbocycles. The van der Waals surface area contributed by atoms with E-state index in [2.05, 4.69) is 0 Å². The van der Waals surface area contributed by atoms with E-state index in [-0.39, 0.29) is 23.2 Å². The molecular weight excluding hydrogens is 259 g/mol. The number of amides is 1. The van der Waals surface area contributed by atoms with E-state index < -0.39 is 0 Å². The van der Waals surface area contributed by atoms with Crippen LogP contribution in [0.15, 0.2) is 36.4 Å². The van der Waals surface area contributed by atoms with Gasteiger partial charge in [0.2, 0.25) is 0 Å². The Balaban J connectivity index is 1.97. The molecule has 0 fully saturated rings. The van der Waals surface area contributed by atoms with E-state index >= 15 is 0 Å². The lowest BCUT2D eigenvalue weighted by Gasteiger charge is -2.17. The number of hydrogen-bond donors (Lipinski definition) is 2. The summed E-state index contributed by atoms with van der Waals surface area (Å²) in [7, 11) is 0. The van der Waals surface area contributed by atoms with Gasteiger partial charge in [-0.25, -0.2) is 4.39 Å². The van der Waals surface area contributed by atoms with Gasteiger partial charge in [0.1, 0.15) is 11.6 Å². The maximum atomic E-state index is 13.3. The summed E-state index contributed by atoms with van der Waals surface area (Å²) >= 11 is 0. The Hall–Kier alpha value is -2.56. The number of anilines is 2. The summed E-state index contributed by atoms with van der Waals surface area (Å²) < 4.78 is 13.3. The van der Waals surface area contributed by atoms with Gasteiger partial charge in [-0.3, -0.25) is 4.79 Å². The van der Waals surface area contributed by atoms with Gasteiger partial charge in [0, 0.05) is 12.1 Å². The van der Waals surface area contributed by atoms with E-state index in [9.17, 15) is 14.3 Å². The third-order valence-electron chi connectivity index (χ3n) is 3.47. The monoisotopic (exact) mass is 272 g/mol. The zero-order valence-corrected chi connectivity index (χ0v) is 10.6. The summed E-state index contributed by atoms with van der Waals surface area (Å²) in [6, 6.07) is 8.80. The van der Waals surface area contributed by atoms with Crippen molar-refractivity contribution in [2.24, 2.45) is 0 Å². The number of aromatic hydroxyl groups is 1. The smallest absolute Gasteiger partial charge is 0.258 e. The van der Waals surface area contributed by atoms with Crippen LogP contribution in [0.5, 0.6) is 5.75 Å². The molecular formula is C15H13FN2O2. The molecule has 4 nitrogen and oxygen atoms in total. The highest BCUT2D eigenvalue weighted by molar-refractivity contribution is 6.07. The first-order chi connectivity index (χ1) is 9.56. The number of rotatable bonds is 1. The zero-order chi connectivity index (χ0) is 14.3. The van der Waals surface area contributed by atoms with Gasteiger partial charge in [0.15, 0.2) is 0 Å². The summed E-state index contributed by atoms with van der Waals surface area (Å²) in [5.41, 5.74) is 7.59. The number of fused-ring (bicyclic) bond motifs is 1. The van der Waals surface area contributed by atoms with Crippen LogP contribution in [0.4, 0.5) is 15.8 Å². The lowest BCUT2D eigenvalue weighted by molar-refractivity contribution is 0.0989. The van der Waals surface area contributed by atoms with E-state index in [0.717, 1.165) is 5.56 Å². The summed E-state index contributed by atoms with van der Waals surface area (Å²) in [6.07, 6.45) is 0.697. The molecule has 20 heavy (non-hydrogen) atoms. The number of carbonyl (C=O) groups excluding carboxylic acids is 1. The Bertz CT molecular complexity index is 700. The minimum atomic E-state index is -0.372. The quantitative estimate of drug-likeness (QED) is 0.618. The van der Waals surface area contributed by atoms with Crippen molar-refractivity contribution >= 4 is 17.3 Å². The molecule has 0 unspecified atom stereocenters. The van der Waals surface area contributed by atoms with E-state index in [1.807, 2.05) is 0 Å². The number of nitrogen functional groups attached to an aromatic ring is 1. The average molecular weight is 272 g/mol. The van der Waals surface area contributed by atoms with E-state index in [1.165, 1.54) is 29.2 Å². The normalized spacial score (nSPS) is 13.3. The number of carbonyl (C=O) groups is 1. The van der Waals surface area contributed by atoms with Crippen molar-refractivity contribution in [2.75, 3.05) is 17.2 Å². The van der Waals surface area contributed by atoms with Crippen molar-refractivity contribution in [3.63, 3.8) is 0 Å². The van der Waals surface area contributed by atoms with Crippen molar-refractivity contribution < 1.29 is 14.3 Å². The van der Waals surface area contributed by atoms with Gasteiger partial charge in [-0.1, -0.05) is 6.07 Å². The molecule has 2 aromatic rings. The molecule has 0 atom stereocenters. The molecule has 0 aliphatic carbocycles. The maximum Gasteiger partial charge on any atom is 0.258 e. The number of nitrogens with zero attached hydrogens (tertiary/aromatic N) is 1. The van der Waals surface area contributed by atoms with Gasteiger partial charge >= 0.3 is 0 Å². The summed E-state index contributed by atoms with van der Waals surface area (Å²) in [6.45, 7) is 0.503. The molecule has 102 valence electrons. The molecule has 1 aliphatic rings. The van der Waals surface area contributed by atoms with Gasteiger partial charge in [-0.15, -0.1) is 0 Å². The third-order valence-corrected chi connectivity index (χ3v) is 3.47. The first-order valence-electron chi connectivity index (χ1n) is 6.25. The van der Waals surface area contributed by atoms with Crippen LogP contribution in [-0.4, -0.2) is 17.6 Å². The summed E-state index contributed by atoms with van der Waals surface area (Å²) in [4.78, 5) is 14.0. The Morgan fingerprint density at radius 2 is 2.05 bits per heavy atom. The lowest BCUT2D eigenvalue weighted by atomic mass is 10.1. The predicted molar refractivity (Wildman–Crippen MR) is 74.3 cm³/mol. The van der Waals surface area contributed by atoms with Crippen LogP contribution in [0.3, 0.4) is 0 Å². The predicted octanol–water partition coefficient (Wildman–Crippen LogP) is 2.32. The van der Waals surface area contributed by atoms with Gasteiger partial charge in [0.05, 0.1) is 11.4 Å². The molecule has 1 heterocycles. The second-order valence-electron chi connectivity index (χ2n) is 4.75. The molecule has 0 spiro atoms. The highest BCUT2D eigenvalue weighted by atomic mass is 19.1. The zero-order valence-electron chi connectivity index (χ0n) is 10.6. The van der Waals surface area contributed by atoms with Gasteiger partial charge in [0.25, 0.3) is 5.91 Å². The largest absolute Gasteiger partial charge is 0.506 e. The van der Waals surface area contributed by atoms with E-state index in [4.69, 9.17) is 5.73 Å². The molecule has 0 aromatic heterocycles. The second kappa shape index (κ2) is 4.52. The SMILES string of the molecule is Nc1ccc(C(=O)N2CCc3ccc(F)cc32)cc1O. The molecule has 0 radical (unpaired) electrons. The van der Waals surface area contributed by atoms with Crippen LogP contribution < -0.4 is 10.6 Å². The fraction of sp³-hybridized carbons (Fsp3) is 0.133. The Kier molecular flexibility index (Phi) is 2.82. The van der Waals surface area contributed by atoms with Crippen LogP contribution in [-0.2, 0) is 6.42 Å². The minimum absolute atomic E-state index is 0.130. The topological polar surface area (TPSA) is 66.6 Å². The number of nitrogens with two attached hydrogens (primary N) is 1. The molecule has 5 heteroatoms. The molecule has 1 aliphatic heterocycles. The third kappa shape index (κ3) is 1.97. The lowest BCUT2D eigenvalue weighted by Crippen LogP contribution is -2.28. The van der Waals surface area contributed by atoms with Crippen molar-refractivity contribution in [2.45, 2.75) is 6.42 Å². The van der Waals surface area contributed by atoms with Gasteiger partial charge in [-0.2, -0.15) is 0 Å². The first kappa shape index (κ1) is 12.5. The molecule has 0 saturated heterocycles. The molecule has 0 saturated carbocycles. The highest BCUT2D eigenvalue weighted by Crippen LogP contribution is 2.31. The minimum Gasteiger partial charge on any atom is -0.506 e. The Labute approximate surface area is 115 Å². The highest BCUT2D eigenvalue weighted by Gasteiger charge is 2.26. The Morgan fingerprint density at radius 3 is 2.80 bits per heavy atom. The van der Waals surface area contributed by atoms with Crippen LogP contribution in [0, 0.1) is 5.82 Å². The van der Waals surface area contributed by atoms with E-state index in [0.29, 0.717) is 24.2 Å². The van der Waals surface area contributed by atoms with Crippen LogP contribution in [0.2, 0.25) is 0 Å². The van der Waals surface area contributed by atoms with Crippen molar-refractivity contribution in [1.29, 1.82) is 0 Å². The average Bonchev–Trinajstić information content (AvgIpc) is 2.84. The molecule has 3 N–H and O–H groups in total. The first-order valence-corrected chi connectivity index (χ1v) is 6.25. The van der Waals surface area contributed by atoms with Crippen molar-refractivity contribution in [3.8, 4) is 5.75 Å². The maximum absolute atomic E-state index is 13.3. The number of phenolic OH excluding ortho intramolecular Hbond substituents is 1. The van der Waals surface area contributed by atoms with E-state index in [1.54, 1.807) is 12.1 Å². The van der Waals surface area contributed by atoms with Crippen LogP contribution in [0.1, 0.15) is 15.9 Å². The number of hydrogen-bond acceptors (Lipinski definition) is 3. The fourth-order valence-electron chi connectivity index (χ4n) is 2.40. The van der Waals surface area contributed by atoms with Gasteiger partial charge < -0.3 is 15.7 Å². The Morgan fingerprint density at radius 1 is 1.25 bits per heavy atom. The van der Waals surface area contributed by atoms with Gasteiger partial charge in [-0.05, 0) is 42.3 Å². The molecule has 1 amide bonds. The fourth-order valence-corrected chi connectivity index (χ4v) is 2.40. The van der Waals surface area contributed by atoms with Crippen LogP contribution in [0.25, 0.3) is 0 Å². The summed E-state index contributed by atoms with van der Waals surface area (Å²) in [5, 5.41) is 9.58. The van der Waals surface area contributed by atoms with Crippen molar-refractivity contribution in [3.05, 3.63) is 53.3 Å². The number of phenols is 1. The second-order valence-corrected chi connectivity index (χ2v) is 4.75. The number of benzene rings is 2. The summed E-state index contributed by atoms with van der Waals surface area (Å²) in [5.74, 6) is -0.775. The molecule has 0 bridgehead atoms. The number of halogens is 1. The standard InChI is InChI=1S/C15H13FN2O2/c16-11-3-1-9-5-6-18(13(9)8-11)15(20)10-2-4-12(17)14(19)7-10/h1-4,7-8,19H,5-6,17H2. The van der Waals surface area contributed by atoms with Crippen molar-refractivity contribution in [1.82, 2.24) is 0 Å². The molecule has 3 rings (SSSR count).